The van der Waals surface area contributed by atoms with Crippen LogP contribution in [0.2, 0.25) is 0 Å². The van der Waals surface area contributed by atoms with Crippen LogP contribution < -0.4 is 0 Å². The van der Waals surface area contributed by atoms with Gasteiger partial charge in [-0.25, -0.2) is 0 Å². The monoisotopic (exact) mass is 388 g/mol. The van der Waals surface area contributed by atoms with Crippen LogP contribution in [-0.2, 0) is 13.2 Å². The first-order valence-electron chi connectivity index (χ1n) is 7.25. The maximum Gasteiger partial charge on any atom is 0.221 e. The molecule has 3 rings (SSSR count). The van der Waals surface area contributed by atoms with Crippen molar-refractivity contribution < 1.29 is 9.90 Å². The molecule has 0 aliphatic rings. The van der Waals surface area contributed by atoms with Crippen LogP contribution in [0.1, 0.15) is 27.2 Å². The number of nitrogens with zero attached hydrogens (tertiary/aromatic N) is 4. The number of nitrogens with one attached hydrogen (secondary N) is 1. The van der Waals surface area contributed by atoms with E-state index >= 15 is 0 Å². The Morgan fingerprint density at radius 1 is 1.46 bits per heavy atom. The number of aliphatic hydroxyl groups is 1. The largest absolute Gasteiger partial charge is 0.390 e. The third kappa shape index (κ3) is 2.90. The minimum atomic E-state index is -0.292. The van der Waals surface area contributed by atoms with Gasteiger partial charge in [0.05, 0.1) is 24.5 Å². The zero-order chi connectivity index (χ0) is 17.3. The first-order chi connectivity index (χ1) is 11.5. The molecule has 0 saturated heterocycles. The van der Waals surface area contributed by atoms with Gasteiger partial charge in [0, 0.05) is 15.6 Å². The predicted molar refractivity (Wildman–Crippen MR) is 91.2 cm³/mol. The molecule has 0 atom stereocenters. The quantitative estimate of drug-likeness (QED) is 0.653. The van der Waals surface area contributed by atoms with Crippen molar-refractivity contribution in [1.29, 1.82) is 0 Å². The van der Waals surface area contributed by atoms with Crippen molar-refractivity contribution >= 4 is 21.7 Å². The molecule has 0 bridgehead atoms. The van der Waals surface area contributed by atoms with E-state index in [2.05, 4.69) is 43.2 Å². The molecule has 2 N–H and O–H groups in total. The number of aromatic amines is 1. The normalized spacial score (nSPS) is 11.0. The van der Waals surface area contributed by atoms with Gasteiger partial charge in [0.15, 0.2) is 5.78 Å². The van der Waals surface area contributed by atoms with Gasteiger partial charge in [-0.1, -0.05) is 28.1 Å². The van der Waals surface area contributed by atoms with E-state index in [0.29, 0.717) is 40.4 Å². The molecular weight excluding hydrogens is 374 g/mol. The van der Waals surface area contributed by atoms with Gasteiger partial charge in [0.1, 0.15) is 0 Å². The summed E-state index contributed by atoms with van der Waals surface area (Å²) in [7, 11) is 0. The van der Waals surface area contributed by atoms with Crippen molar-refractivity contribution in [2.24, 2.45) is 0 Å². The summed E-state index contributed by atoms with van der Waals surface area (Å²) >= 11 is 3.36. The van der Waals surface area contributed by atoms with Crippen molar-refractivity contribution in [1.82, 2.24) is 25.2 Å². The molecule has 123 valence electrons. The maximum absolute atomic E-state index is 12.9. The fourth-order valence-electron chi connectivity index (χ4n) is 2.52. The number of ketones is 1. The van der Waals surface area contributed by atoms with Gasteiger partial charge in [0.25, 0.3) is 0 Å². The number of tetrazole rings is 1. The molecule has 0 aliphatic carbocycles. The van der Waals surface area contributed by atoms with E-state index in [1.54, 1.807) is 25.1 Å². The number of hydrogen-bond acceptors (Lipinski definition) is 5. The van der Waals surface area contributed by atoms with Crippen LogP contribution in [0.15, 0.2) is 28.7 Å². The van der Waals surface area contributed by atoms with Crippen molar-refractivity contribution in [2.75, 3.05) is 0 Å². The molecule has 3 aromatic rings. The first-order valence-corrected chi connectivity index (χ1v) is 8.04. The van der Waals surface area contributed by atoms with Crippen LogP contribution in [0.4, 0.5) is 0 Å². The van der Waals surface area contributed by atoms with E-state index in [9.17, 15) is 9.90 Å². The Labute approximate surface area is 146 Å². The zero-order valence-corrected chi connectivity index (χ0v) is 14.5. The second-order valence-corrected chi connectivity index (χ2v) is 6.10. The fourth-order valence-corrected chi connectivity index (χ4v) is 2.92. The number of benzene rings is 1. The summed E-state index contributed by atoms with van der Waals surface area (Å²) in [5.74, 6) is 0.184. The summed E-state index contributed by atoms with van der Waals surface area (Å²) in [6, 6.07) is 7.12. The Morgan fingerprint density at radius 2 is 2.25 bits per heavy atom. The highest BCUT2D eigenvalue weighted by atomic mass is 79.9. The summed E-state index contributed by atoms with van der Waals surface area (Å²) in [6.45, 7) is 5.54. The lowest BCUT2D eigenvalue weighted by Crippen LogP contribution is -2.05. The van der Waals surface area contributed by atoms with Gasteiger partial charge in [-0.2, -0.15) is 4.80 Å². The van der Waals surface area contributed by atoms with Gasteiger partial charge >= 0.3 is 0 Å². The summed E-state index contributed by atoms with van der Waals surface area (Å²) in [6.07, 6.45) is 0. The number of hydrogen-bond donors (Lipinski definition) is 2. The molecule has 8 heteroatoms. The molecule has 0 spiro atoms. The van der Waals surface area contributed by atoms with E-state index < -0.39 is 0 Å². The summed E-state index contributed by atoms with van der Waals surface area (Å²) in [5, 5.41) is 21.7. The van der Waals surface area contributed by atoms with Crippen molar-refractivity contribution in [2.45, 2.75) is 20.1 Å². The first kappa shape index (κ1) is 16.5. The molecule has 0 unspecified atom stereocenters. The van der Waals surface area contributed by atoms with Crippen LogP contribution in [0, 0.1) is 13.8 Å². The number of halogens is 1. The van der Waals surface area contributed by atoms with Crippen LogP contribution >= 0.6 is 15.9 Å². The zero-order valence-electron chi connectivity index (χ0n) is 13.0. The van der Waals surface area contributed by atoms with Gasteiger partial charge in [0.2, 0.25) is 5.82 Å². The number of carbonyl (C=O) groups excluding carboxylic acids is 1. The van der Waals surface area contributed by atoms with Crippen LogP contribution in [0.25, 0.3) is 11.5 Å². The summed E-state index contributed by atoms with van der Waals surface area (Å²) in [4.78, 5) is 17.3. The van der Waals surface area contributed by atoms with E-state index in [0.717, 1.165) is 4.47 Å². The van der Waals surface area contributed by atoms with E-state index in [1.807, 2.05) is 6.07 Å². The van der Waals surface area contributed by atoms with Gasteiger partial charge in [-0.3, -0.25) is 4.79 Å². The molecule has 1 aromatic carbocycles. The molecule has 7 nitrogen and oxygen atoms in total. The lowest BCUT2D eigenvalue weighted by atomic mass is 9.99. The minimum Gasteiger partial charge on any atom is -0.390 e. The van der Waals surface area contributed by atoms with Crippen molar-refractivity contribution in [3.05, 3.63) is 58.0 Å². The smallest absolute Gasteiger partial charge is 0.221 e. The average Bonchev–Trinajstić information content (AvgIpc) is 3.18. The van der Waals surface area contributed by atoms with Crippen LogP contribution in [0.5, 0.6) is 0 Å². The molecule has 1 radical (unpaired) electrons. The fraction of sp³-hybridized carbons (Fsp3) is 0.188. The molecule has 2 aromatic heterocycles. The SMILES string of the molecule is [CH2]Cn1nnc(-c2[nH]c(CO)c(C(=O)c3cccc(Br)c3)c2C)n1. The summed E-state index contributed by atoms with van der Waals surface area (Å²) < 4.78 is 0.812. The number of carbonyl (C=O) groups is 1. The highest BCUT2D eigenvalue weighted by Gasteiger charge is 2.24. The predicted octanol–water partition coefficient (Wildman–Crippen LogP) is 2.30. The topological polar surface area (TPSA) is 96.7 Å². The minimum absolute atomic E-state index is 0.176. The third-order valence-corrected chi connectivity index (χ3v) is 4.17. The Bertz CT molecular complexity index is 900. The van der Waals surface area contributed by atoms with E-state index in [1.165, 1.54) is 4.80 Å². The third-order valence-electron chi connectivity index (χ3n) is 3.68. The maximum atomic E-state index is 12.9. The molecular formula is C16H15BrN5O2. The summed E-state index contributed by atoms with van der Waals surface area (Å²) in [5.41, 5.74) is 2.63. The number of rotatable bonds is 5. The average molecular weight is 389 g/mol. The highest BCUT2D eigenvalue weighted by molar-refractivity contribution is 9.10. The van der Waals surface area contributed by atoms with Gasteiger partial charge < -0.3 is 10.1 Å². The van der Waals surface area contributed by atoms with Crippen LogP contribution in [0.3, 0.4) is 0 Å². The Morgan fingerprint density at radius 3 is 2.88 bits per heavy atom. The second-order valence-electron chi connectivity index (χ2n) is 5.19. The standard InChI is InChI=1S/C16H15BrN5O2/c1-3-22-20-16(19-21-22)14-9(2)13(12(8-23)18-14)15(24)10-5-4-6-11(17)7-10/h4-7,18,23H,1,3,8H2,2H3. The highest BCUT2D eigenvalue weighted by Crippen LogP contribution is 2.28. The Balaban J connectivity index is 2.09. The molecule has 2 heterocycles. The second kappa shape index (κ2) is 6.66. The lowest BCUT2D eigenvalue weighted by Gasteiger charge is -2.04. The molecule has 24 heavy (non-hydrogen) atoms. The Kier molecular flexibility index (Phi) is 4.59. The van der Waals surface area contributed by atoms with Gasteiger partial charge in [-0.15, -0.1) is 10.2 Å². The lowest BCUT2D eigenvalue weighted by molar-refractivity contribution is 0.103. The van der Waals surface area contributed by atoms with Crippen LogP contribution in [-0.4, -0.2) is 36.1 Å². The van der Waals surface area contributed by atoms with Gasteiger partial charge in [-0.05, 0) is 36.8 Å². The molecule has 0 amide bonds. The number of H-pyrrole nitrogens is 1. The molecule has 0 saturated carbocycles. The number of aliphatic hydroxyl groups excluding tert-OH is 1. The number of aromatic nitrogens is 5. The van der Waals surface area contributed by atoms with Crippen molar-refractivity contribution in [3.63, 3.8) is 0 Å². The van der Waals surface area contributed by atoms with E-state index in [-0.39, 0.29) is 12.4 Å². The van der Waals surface area contributed by atoms with Crippen molar-refractivity contribution in [3.8, 4) is 11.5 Å². The van der Waals surface area contributed by atoms with E-state index in [4.69, 9.17) is 0 Å². The molecule has 0 aliphatic heterocycles. The Hall–Kier alpha value is -2.32. The molecule has 0 fully saturated rings.